The summed E-state index contributed by atoms with van der Waals surface area (Å²) in [4.78, 5) is 8.66. The molecule has 0 unspecified atom stereocenters. The van der Waals surface area contributed by atoms with Crippen LogP contribution in [-0.2, 0) is 16.6 Å². The van der Waals surface area contributed by atoms with E-state index >= 15 is 0 Å². The molecular weight excluding hydrogens is 326 g/mol. The number of benzene rings is 2. The molecule has 0 saturated heterocycles. The van der Waals surface area contributed by atoms with Gasteiger partial charge < -0.3 is 4.74 Å². The molecule has 0 atom stereocenters. The lowest BCUT2D eigenvalue weighted by Crippen LogP contribution is -2.24. The van der Waals surface area contributed by atoms with E-state index < -0.39 is 10.0 Å². The molecule has 24 heavy (non-hydrogen) atoms. The van der Waals surface area contributed by atoms with E-state index in [9.17, 15) is 8.42 Å². The van der Waals surface area contributed by atoms with Gasteiger partial charge in [-0.1, -0.05) is 6.07 Å². The molecule has 0 aliphatic carbocycles. The molecule has 1 N–H and O–H groups in total. The number of ether oxygens (including phenoxy) is 1. The largest absolute Gasteiger partial charge is 0.497 e. The first-order valence-electron chi connectivity index (χ1n) is 7.33. The average molecular weight is 343 g/mol. The quantitative estimate of drug-likeness (QED) is 0.769. The highest BCUT2D eigenvalue weighted by Crippen LogP contribution is 2.21. The summed E-state index contributed by atoms with van der Waals surface area (Å²) in [6.07, 6.45) is 3.23. The molecule has 0 amide bonds. The number of rotatable bonds is 5. The topological polar surface area (TPSA) is 81.2 Å². The van der Waals surface area contributed by atoms with Gasteiger partial charge in [0.15, 0.2) is 0 Å². The monoisotopic (exact) mass is 343 g/mol. The second-order valence-electron chi connectivity index (χ2n) is 5.34. The van der Waals surface area contributed by atoms with Crippen LogP contribution in [0.4, 0.5) is 0 Å². The van der Waals surface area contributed by atoms with Crippen LogP contribution in [0, 0.1) is 6.92 Å². The number of aryl methyl sites for hydroxylation is 1. The lowest BCUT2D eigenvalue weighted by Gasteiger charge is -2.11. The van der Waals surface area contributed by atoms with Gasteiger partial charge in [-0.2, -0.15) is 0 Å². The van der Waals surface area contributed by atoms with Crippen LogP contribution in [0.5, 0.6) is 5.75 Å². The zero-order valence-corrected chi connectivity index (χ0v) is 14.2. The molecule has 2 aromatic carbocycles. The molecule has 3 aromatic rings. The minimum atomic E-state index is -3.61. The Bertz CT molecular complexity index is 987. The predicted molar refractivity (Wildman–Crippen MR) is 91.3 cm³/mol. The molecule has 6 nitrogen and oxygen atoms in total. The van der Waals surface area contributed by atoms with E-state index in [-0.39, 0.29) is 11.4 Å². The van der Waals surface area contributed by atoms with Crippen LogP contribution >= 0.6 is 0 Å². The lowest BCUT2D eigenvalue weighted by atomic mass is 10.2. The third-order valence-electron chi connectivity index (χ3n) is 3.67. The van der Waals surface area contributed by atoms with Gasteiger partial charge in [0.05, 0.1) is 23.0 Å². The Morgan fingerprint density at radius 1 is 1.04 bits per heavy atom. The number of nitrogens with zero attached hydrogens (tertiary/aromatic N) is 2. The summed E-state index contributed by atoms with van der Waals surface area (Å²) in [5, 5.41) is 0. The second-order valence-corrected chi connectivity index (χ2v) is 7.07. The normalized spacial score (nSPS) is 11.6. The Labute approximate surface area is 140 Å². The minimum Gasteiger partial charge on any atom is -0.497 e. The van der Waals surface area contributed by atoms with Crippen molar-refractivity contribution in [3.05, 3.63) is 59.9 Å². The van der Waals surface area contributed by atoms with Gasteiger partial charge in [0.2, 0.25) is 10.0 Å². The third kappa shape index (κ3) is 3.37. The highest BCUT2D eigenvalue weighted by atomic mass is 32.2. The van der Waals surface area contributed by atoms with Gasteiger partial charge in [-0.15, -0.1) is 0 Å². The van der Waals surface area contributed by atoms with Crippen molar-refractivity contribution >= 4 is 21.1 Å². The SMILES string of the molecule is COc1ccc(S(=O)(=O)NCc2ccc3nccnc3c2)c(C)c1. The maximum atomic E-state index is 12.5. The molecule has 1 heterocycles. The van der Waals surface area contributed by atoms with E-state index in [1.165, 1.54) is 0 Å². The molecular formula is C17H17N3O3S. The summed E-state index contributed by atoms with van der Waals surface area (Å²) >= 11 is 0. The number of fused-ring (bicyclic) bond motifs is 1. The summed E-state index contributed by atoms with van der Waals surface area (Å²) in [5.41, 5.74) is 2.95. The molecule has 0 spiro atoms. The molecule has 124 valence electrons. The fourth-order valence-corrected chi connectivity index (χ4v) is 3.67. The summed E-state index contributed by atoms with van der Waals surface area (Å²) < 4.78 is 32.7. The van der Waals surface area contributed by atoms with Gasteiger partial charge in [-0.25, -0.2) is 13.1 Å². The van der Waals surface area contributed by atoms with E-state index in [0.29, 0.717) is 11.3 Å². The Balaban J connectivity index is 1.81. The second kappa shape index (κ2) is 6.54. The maximum Gasteiger partial charge on any atom is 0.241 e. The Morgan fingerprint density at radius 3 is 2.50 bits per heavy atom. The fraction of sp³-hybridized carbons (Fsp3) is 0.176. The highest BCUT2D eigenvalue weighted by Gasteiger charge is 2.17. The molecule has 1 aromatic heterocycles. The van der Waals surface area contributed by atoms with Crippen molar-refractivity contribution in [3.63, 3.8) is 0 Å². The number of hydrogen-bond acceptors (Lipinski definition) is 5. The summed E-state index contributed by atoms with van der Waals surface area (Å²) in [5.74, 6) is 0.625. The van der Waals surface area contributed by atoms with Gasteiger partial charge in [0, 0.05) is 18.9 Å². The van der Waals surface area contributed by atoms with Gasteiger partial charge in [0.25, 0.3) is 0 Å². The molecule has 0 fully saturated rings. The average Bonchev–Trinajstić information content (AvgIpc) is 2.59. The van der Waals surface area contributed by atoms with Crippen LogP contribution < -0.4 is 9.46 Å². The molecule has 0 aliphatic heterocycles. The van der Waals surface area contributed by atoms with Crippen LogP contribution in [-0.4, -0.2) is 25.5 Å². The van der Waals surface area contributed by atoms with Crippen molar-refractivity contribution in [2.24, 2.45) is 0 Å². The smallest absolute Gasteiger partial charge is 0.241 e. The Morgan fingerprint density at radius 2 is 1.79 bits per heavy atom. The van der Waals surface area contributed by atoms with E-state index in [0.717, 1.165) is 16.6 Å². The number of sulfonamides is 1. The first-order valence-corrected chi connectivity index (χ1v) is 8.82. The number of nitrogens with one attached hydrogen (secondary N) is 1. The van der Waals surface area contributed by atoms with Crippen molar-refractivity contribution in [2.75, 3.05) is 7.11 Å². The molecule has 3 rings (SSSR count). The summed E-state index contributed by atoms with van der Waals surface area (Å²) in [6, 6.07) is 10.4. The number of hydrogen-bond donors (Lipinski definition) is 1. The zero-order valence-electron chi connectivity index (χ0n) is 13.4. The molecule has 0 aliphatic rings. The molecule has 0 bridgehead atoms. The van der Waals surface area contributed by atoms with Crippen LogP contribution in [0.3, 0.4) is 0 Å². The standard InChI is InChI=1S/C17H17N3O3S/c1-12-9-14(23-2)4-6-17(12)24(21,22)20-11-13-3-5-15-16(10-13)19-8-7-18-15/h3-10,20H,11H2,1-2H3. The van der Waals surface area contributed by atoms with Gasteiger partial charge in [0.1, 0.15) is 5.75 Å². The first kappa shape index (κ1) is 16.4. The Hall–Kier alpha value is -2.51. The van der Waals surface area contributed by atoms with Crippen LogP contribution in [0.2, 0.25) is 0 Å². The number of methoxy groups -OCH3 is 1. The summed E-state index contributed by atoms with van der Waals surface area (Å²) in [6.45, 7) is 1.92. The maximum absolute atomic E-state index is 12.5. The molecule has 0 radical (unpaired) electrons. The summed E-state index contributed by atoms with van der Waals surface area (Å²) in [7, 11) is -2.06. The van der Waals surface area contributed by atoms with Crippen LogP contribution in [0.15, 0.2) is 53.7 Å². The highest BCUT2D eigenvalue weighted by molar-refractivity contribution is 7.89. The minimum absolute atomic E-state index is 0.181. The van der Waals surface area contributed by atoms with Crippen LogP contribution in [0.25, 0.3) is 11.0 Å². The van der Waals surface area contributed by atoms with E-state index in [1.807, 2.05) is 18.2 Å². The van der Waals surface area contributed by atoms with Gasteiger partial charge in [-0.3, -0.25) is 9.97 Å². The van der Waals surface area contributed by atoms with Crippen molar-refractivity contribution in [1.82, 2.24) is 14.7 Å². The third-order valence-corrected chi connectivity index (χ3v) is 5.23. The van der Waals surface area contributed by atoms with Crippen molar-refractivity contribution in [1.29, 1.82) is 0 Å². The zero-order chi connectivity index (χ0) is 17.2. The first-order chi connectivity index (χ1) is 11.5. The lowest BCUT2D eigenvalue weighted by molar-refractivity contribution is 0.414. The van der Waals surface area contributed by atoms with Crippen molar-refractivity contribution in [2.45, 2.75) is 18.4 Å². The van der Waals surface area contributed by atoms with Gasteiger partial charge in [-0.05, 0) is 48.4 Å². The van der Waals surface area contributed by atoms with E-state index in [4.69, 9.17) is 4.74 Å². The van der Waals surface area contributed by atoms with Crippen LogP contribution in [0.1, 0.15) is 11.1 Å². The van der Waals surface area contributed by atoms with Crippen molar-refractivity contribution < 1.29 is 13.2 Å². The molecule has 0 saturated carbocycles. The number of aromatic nitrogens is 2. The molecule has 7 heteroatoms. The fourth-order valence-electron chi connectivity index (χ4n) is 2.43. The van der Waals surface area contributed by atoms with Crippen molar-refractivity contribution in [3.8, 4) is 5.75 Å². The van der Waals surface area contributed by atoms with Gasteiger partial charge >= 0.3 is 0 Å². The predicted octanol–water partition coefficient (Wildman–Crippen LogP) is 2.43. The Kier molecular flexibility index (Phi) is 4.46. The van der Waals surface area contributed by atoms with E-state index in [1.54, 1.807) is 44.6 Å². The van der Waals surface area contributed by atoms with E-state index in [2.05, 4.69) is 14.7 Å².